The third-order valence-electron chi connectivity index (χ3n) is 5.37. The lowest BCUT2D eigenvalue weighted by atomic mass is 10.1. The van der Waals surface area contributed by atoms with Crippen molar-refractivity contribution >= 4 is 46.4 Å². The molecule has 2 N–H and O–H groups in total. The summed E-state index contributed by atoms with van der Waals surface area (Å²) in [5, 5.41) is 14.8. The largest absolute Gasteiger partial charge is 0.480 e. The molecule has 0 bridgehead atoms. The number of rotatable bonds is 6. The molecule has 174 valence electrons. The van der Waals surface area contributed by atoms with Gasteiger partial charge in [0.15, 0.2) is 11.5 Å². The quantitative estimate of drug-likeness (QED) is 0.420. The van der Waals surface area contributed by atoms with Gasteiger partial charge in [0.25, 0.3) is 11.8 Å². The van der Waals surface area contributed by atoms with Gasteiger partial charge in [-0.1, -0.05) is 11.6 Å². The molecule has 5 rings (SSSR count). The first kappa shape index (κ1) is 22.2. The second-order valence-electron chi connectivity index (χ2n) is 7.67. The zero-order valence-corrected chi connectivity index (χ0v) is 19.9. The molecule has 1 aliphatic heterocycles. The Labute approximate surface area is 203 Å². The molecule has 0 spiro atoms. The molecule has 4 aromatic heterocycles. The van der Waals surface area contributed by atoms with Crippen LogP contribution in [-0.2, 0) is 0 Å². The highest BCUT2D eigenvalue weighted by Gasteiger charge is 2.27. The van der Waals surface area contributed by atoms with Crippen molar-refractivity contribution in [3.63, 3.8) is 0 Å². The van der Waals surface area contributed by atoms with Crippen LogP contribution in [0.2, 0.25) is 5.02 Å². The molecule has 0 saturated carbocycles. The maximum atomic E-state index is 13.5. The first-order valence-electron chi connectivity index (χ1n) is 10.4. The number of nitrogens with one attached hydrogen (secondary N) is 2. The van der Waals surface area contributed by atoms with Crippen LogP contribution < -0.4 is 15.4 Å². The third kappa shape index (κ3) is 3.97. The third-order valence-corrected chi connectivity index (χ3v) is 6.95. The summed E-state index contributed by atoms with van der Waals surface area (Å²) >= 11 is 8.06. The molecule has 0 atom stereocenters. The van der Waals surface area contributed by atoms with Crippen molar-refractivity contribution in [3.8, 4) is 11.7 Å². The molecule has 1 saturated heterocycles. The van der Waals surface area contributed by atoms with Gasteiger partial charge >= 0.3 is 0 Å². The van der Waals surface area contributed by atoms with E-state index in [2.05, 4.69) is 25.8 Å². The summed E-state index contributed by atoms with van der Waals surface area (Å²) in [6.45, 7) is 1.83. The van der Waals surface area contributed by atoms with Crippen LogP contribution in [0.4, 0.5) is 5.69 Å². The minimum absolute atomic E-state index is 0.0872. The summed E-state index contributed by atoms with van der Waals surface area (Å²) in [6, 6.07) is 8.55. The second kappa shape index (κ2) is 8.99. The van der Waals surface area contributed by atoms with Gasteiger partial charge in [-0.2, -0.15) is 16.9 Å². The summed E-state index contributed by atoms with van der Waals surface area (Å²) in [5.41, 5.74) is 2.20. The van der Waals surface area contributed by atoms with Gasteiger partial charge in [0, 0.05) is 29.8 Å². The van der Waals surface area contributed by atoms with Crippen molar-refractivity contribution in [2.45, 2.75) is 13.0 Å². The van der Waals surface area contributed by atoms with Crippen molar-refractivity contribution < 1.29 is 14.3 Å². The van der Waals surface area contributed by atoms with Crippen LogP contribution in [-0.4, -0.2) is 60.9 Å². The highest BCUT2D eigenvalue weighted by Crippen LogP contribution is 2.27. The summed E-state index contributed by atoms with van der Waals surface area (Å²) in [5.74, 6) is 1.37. The number of anilines is 1. The number of carbonyl (C=O) groups is 2. The van der Waals surface area contributed by atoms with Gasteiger partial charge in [-0.05, 0) is 36.8 Å². The Morgan fingerprint density at radius 3 is 2.74 bits per heavy atom. The molecule has 10 nitrogen and oxygen atoms in total. The van der Waals surface area contributed by atoms with Crippen LogP contribution >= 0.6 is 23.4 Å². The standard InChI is InChI=1S/C22H20ClN7O3S/c1-12-8-14-5-7-25-29(14)19(22(32)26-13-10-34-11-13)18(12)27-21(31)16-9-17(33-2)28-30(16)20-15(23)4-3-6-24-20/h3-9,13H,10-11H2,1-2H3,(H,26,32)(H,27,31). The molecular formula is C22H20ClN7O3S. The SMILES string of the molecule is COc1cc(C(=O)Nc2c(C)cc3ccnn3c2C(=O)NC2CSC2)n(-c2ncccc2Cl)n1. The molecule has 0 unspecified atom stereocenters. The summed E-state index contributed by atoms with van der Waals surface area (Å²) in [7, 11) is 1.45. The number of aromatic nitrogens is 5. The fourth-order valence-corrected chi connectivity index (χ4v) is 4.47. The Kier molecular flexibility index (Phi) is 5.88. The number of pyridine rings is 2. The number of aryl methyl sites for hydroxylation is 1. The van der Waals surface area contributed by atoms with Gasteiger partial charge in [0.1, 0.15) is 5.69 Å². The second-order valence-corrected chi connectivity index (χ2v) is 9.16. The Morgan fingerprint density at radius 2 is 2.03 bits per heavy atom. The van der Waals surface area contributed by atoms with Gasteiger partial charge in [-0.3, -0.25) is 9.59 Å². The summed E-state index contributed by atoms with van der Waals surface area (Å²) < 4.78 is 8.06. The Balaban J connectivity index is 1.56. The van der Waals surface area contributed by atoms with Gasteiger partial charge in [-0.25, -0.2) is 14.2 Å². The van der Waals surface area contributed by atoms with Gasteiger partial charge in [0.2, 0.25) is 5.88 Å². The number of halogens is 1. The summed E-state index contributed by atoms with van der Waals surface area (Å²) in [6.07, 6.45) is 3.16. The number of thioether (sulfide) groups is 1. The maximum absolute atomic E-state index is 13.5. The van der Waals surface area contributed by atoms with E-state index in [0.29, 0.717) is 16.3 Å². The van der Waals surface area contributed by atoms with Crippen LogP contribution in [0.1, 0.15) is 26.5 Å². The molecule has 5 heterocycles. The van der Waals surface area contributed by atoms with E-state index in [1.807, 2.05) is 13.0 Å². The molecule has 0 aromatic carbocycles. The predicted octanol–water partition coefficient (Wildman–Crippen LogP) is 2.98. The van der Waals surface area contributed by atoms with Crippen LogP contribution in [0.3, 0.4) is 0 Å². The van der Waals surface area contributed by atoms with E-state index in [9.17, 15) is 9.59 Å². The molecule has 1 aliphatic rings. The average Bonchev–Trinajstić information content (AvgIpc) is 3.43. The van der Waals surface area contributed by atoms with Crippen molar-refractivity contribution in [1.29, 1.82) is 0 Å². The van der Waals surface area contributed by atoms with E-state index in [1.54, 1.807) is 42.4 Å². The zero-order valence-electron chi connectivity index (χ0n) is 18.3. The number of ether oxygens (including phenoxy) is 1. The molecule has 4 aromatic rings. The highest BCUT2D eigenvalue weighted by molar-refractivity contribution is 8.00. The number of methoxy groups -OCH3 is 1. The molecule has 0 radical (unpaired) electrons. The normalized spacial score (nSPS) is 13.5. The maximum Gasteiger partial charge on any atom is 0.274 e. The van der Waals surface area contributed by atoms with Crippen LogP contribution in [0.5, 0.6) is 5.88 Å². The monoisotopic (exact) mass is 497 g/mol. The molecule has 1 fully saturated rings. The van der Waals surface area contributed by atoms with E-state index < -0.39 is 5.91 Å². The first-order valence-corrected chi connectivity index (χ1v) is 11.9. The molecule has 2 amide bonds. The minimum Gasteiger partial charge on any atom is -0.480 e. The average molecular weight is 498 g/mol. The van der Waals surface area contributed by atoms with E-state index in [0.717, 1.165) is 17.0 Å². The highest BCUT2D eigenvalue weighted by atomic mass is 35.5. The van der Waals surface area contributed by atoms with Crippen LogP contribution in [0.15, 0.2) is 42.7 Å². The topological polar surface area (TPSA) is 115 Å². The number of hydrogen-bond donors (Lipinski definition) is 2. The van der Waals surface area contributed by atoms with Crippen molar-refractivity contribution in [2.75, 3.05) is 23.9 Å². The van der Waals surface area contributed by atoms with E-state index in [1.165, 1.54) is 22.4 Å². The lowest BCUT2D eigenvalue weighted by molar-refractivity contribution is 0.0936. The van der Waals surface area contributed by atoms with E-state index in [-0.39, 0.29) is 35.0 Å². The summed E-state index contributed by atoms with van der Waals surface area (Å²) in [4.78, 5) is 31.0. The first-order chi connectivity index (χ1) is 16.5. The lowest BCUT2D eigenvalue weighted by Gasteiger charge is -2.26. The fourth-order valence-electron chi connectivity index (χ4n) is 3.63. The van der Waals surface area contributed by atoms with Gasteiger partial charge < -0.3 is 15.4 Å². The van der Waals surface area contributed by atoms with E-state index in [4.69, 9.17) is 16.3 Å². The van der Waals surface area contributed by atoms with Crippen LogP contribution in [0, 0.1) is 6.92 Å². The Hall–Kier alpha value is -3.57. The Bertz CT molecular complexity index is 1410. The number of hydrogen-bond acceptors (Lipinski definition) is 7. The van der Waals surface area contributed by atoms with Gasteiger partial charge in [-0.15, -0.1) is 5.10 Å². The molecule has 34 heavy (non-hydrogen) atoms. The van der Waals surface area contributed by atoms with Gasteiger partial charge in [0.05, 0.1) is 29.5 Å². The molecule has 12 heteroatoms. The predicted molar refractivity (Wildman–Crippen MR) is 129 cm³/mol. The van der Waals surface area contributed by atoms with Crippen LogP contribution in [0.25, 0.3) is 11.3 Å². The lowest BCUT2D eigenvalue weighted by Crippen LogP contribution is -2.44. The fraction of sp³-hybridized carbons (Fsp3) is 0.227. The van der Waals surface area contributed by atoms with E-state index >= 15 is 0 Å². The zero-order chi connectivity index (χ0) is 23.8. The van der Waals surface area contributed by atoms with Crippen molar-refractivity contribution in [1.82, 2.24) is 29.7 Å². The minimum atomic E-state index is -0.514. The number of amides is 2. The number of carbonyl (C=O) groups excluding carboxylic acids is 2. The van der Waals surface area contributed by atoms with Crippen molar-refractivity contribution in [2.24, 2.45) is 0 Å². The Morgan fingerprint density at radius 1 is 1.21 bits per heavy atom. The number of nitrogens with zero attached hydrogens (tertiary/aromatic N) is 5. The molecule has 0 aliphatic carbocycles. The van der Waals surface area contributed by atoms with Crippen molar-refractivity contribution in [3.05, 3.63) is 64.7 Å². The molecular weight excluding hydrogens is 478 g/mol. The number of fused-ring (bicyclic) bond motifs is 1. The smallest absolute Gasteiger partial charge is 0.274 e.